The number of hydrogen-bond acceptors (Lipinski definition) is 5. The van der Waals surface area contributed by atoms with Crippen molar-refractivity contribution in [1.82, 2.24) is 0 Å². The van der Waals surface area contributed by atoms with Crippen molar-refractivity contribution in [1.29, 1.82) is 0 Å². The van der Waals surface area contributed by atoms with E-state index in [4.69, 9.17) is 0 Å². The van der Waals surface area contributed by atoms with Gasteiger partial charge in [0.2, 0.25) is 0 Å². The van der Waals surface area contributed by atoms with Crippen molar-refractivity contribution in [2.75, 3.05) is 9.44 Å². The summed E-state index contributed by atoms with van der Waals surface area (Å²) in [6.45, 7) is 3.76. The van der Waals surface area contributed by atoms with Crippen LogP contribution in [0.3, 0.4) is 0 Å². The molecule has 0 fully saturated rings. The Morgan fingerprint density at radius 2 is 1.52 bits per heavy atom. The standard InChI is InChI=1S/C18H18N2O4S3/c1-13-5-10-17(14(2)12-13)20-26(21,22)16-8-6-15(7-9-16)19-27(23,24)18-4-3-11-25-18/h3-12,19-20H,1-2H3. The fourth-order valence-electron chi connectivity index (χ4n) is 2.46. The quantitative estimate of drug-likeness (QED) is 0.629. The molecule has 0 aliphatic heterocycles. The summed E-state index contributed by atoms with van der Waals surface area (Å²) in [5.41, 5.74) is 2.65. The Balaban J connectivity index is 1.80. The van der Waals surface area contributed by atoms with Crippen molar-refractivity contribution in [3.63, 3.8) is 0 Å². The molecule has 0 amide bonds. The Morgan fingerprint density at radius 1 is 0.815 bits per heavy atom. The van der Waals surface area contributed by atoms with Crippen LogP contribution in [0.25, 0.3) is 0 Å². The van der Waals surface area contributed by atoms with Gasteiger partial charge in [-0.05, 0) is 61.2 Å². The predicted octanol–water partition coefficient (Wildman–Crippen LogP) is 3.97. The SMILES string of the molecule is Cc1ccc(NS(=O)(=O)c2ccc(NS(=O)(=O)c3cccs3)cc2)c(C)c1. The minimum atomic E-state index is -3.78. The first-order chi connectivity index (χ1) is 12.7. The molecule has 27 heavy (non-hydrogen) atoms. The second-order valence-electron chi connectivity index (χ2n) is 5.99. The highest BCUT2D eigenvalue weighted by Gasteiger charge is 2.18. The van der Waals surface area contributed by atoms with E-state index in [1.807, 2.05) is 26.0 Å². The van der Waals surface area contributed by atoms with E-state index in [1.165, 1.54) is 30.3 Å². The van der Waals surface area contributed by atoms with Crippen LogP contribution in [0.15, 0.2) is 69.1 Å². The maximum atomic E-state index is 12.6. The number of nitrogens with one attached hydrogen (secondary N) is 2. The molecule has 2 N–H and O–H groups in total. The Hall–Kier alpha value is -2.36. The maximum absolute atomic E-state index is 12.6. The highest BCUT2D eigenvalue weighted by atomic mass is 32.2. The van der Waals surface area contributed by atoms with Crippen LogP contribution in [-0.2, 0) is 20.0 Å². The van der Waals surface area contributed by atoms with Crippen molar-refractivity contribution in [2.24, 2.45) is 0 Å². The van der Waals surface area contributed by atoms with Crippen LogP contribution in [0.4, 0.5) is 11.4 Å². The van der Waals surface area contributed by atoms with Gasteiger partial charge in [0.05, 0.1) is 10.6 Å². The molecule has 0 saturated heterocycles. The number of rotatable bonds is 6. The molecule has 6 nitrogen and oxygen atoms in total. The fraction of sp³-hybridized carbons (Fsp3) is 0.111. The Kier molecular flexibility index (Phi) is 5.27. The number of sulfonamides is 2. The summed E-state index contributed by atoms with van der Waals surface area (Å²) < 4.78 is 54.8. The molecule has 0 radical (unpaired) electrons. The van der Waals surface area contributed by atoms with Crippen LogP contribution >= 0.6 is 11.3 Å². The van der Waals surface area contributed by atoms with Crippen LogP contribution in [-0.4, -0.2) is 16.8 Å². The van der Waals surface area contributed by atoms with E-state index < -0.39 is 20.0 Å². The zero-order valence-electron chi connectivity index (χ0n) is 14.6. The summed E-state index contributed by atoms with van der Waals surface area (Å²) in [6.07, 6.45) is 0. The number of hydrogen-bond donors (Lipinski definition) is 2. The highest BCUT2D eigenvalue weighted by Crippen LogP contribution is 2.24. The lowest BCUT2D eigenvalue weighted by atomic mass is 10.1. The van der Waals surface area contributed by atoms with Gasteiger partial charge in [-0.2, -0.15) is 0 Å². The third kappa shape index (κ3) is 4.49. The zero-order valence-corrected chi connectivity index (χ0v) is 17.1. The smallest absolute Gasteiger partial charge is 0.271 e. The van der Waals surface area contributed by atoms with Gasteiger partial charge >= 0.3 is 0 Å². The van der Waals surface area contributed by atoms with E-state index in [0.717, 1.165) is 22.5 Å². The number of anilines is 2. The third-order valence-electron chi connectivity index (χ3n) is 3.80. The molecule has 0 spiro atoms. The summed E-state index contributed by atoms with van der Waals surface area (Å²) in [5.74, 6) is 0. The molecule has 0 aliphatic rings. The van der Waals surface area contributed by atoms with E-state index >= 15 is 0 Å². The molecule has 142 valence electrons. The average Bonchev–Trinajstić information content (AvgIpc) is 3.13. The van der Waals surface area contributed by atoms with Crippen molar-refractivity contribution in [2.45, 2.75) is 23.0 Å². The minimum absolute atomic E-state index is 0.0431. The minimum Gasteiger partial charge on any atom is -0.279 e. The number of aryl methyl sites for hydroxylation is 2. The van der Waals surface area contributed by atoms with Gasteiger partial charge in [-0.3, -0.25) is 9.44 Å². The lowest BCUT2D eigenvalue weighted by molar-refractivity contribution is 0.600. The molecule has 3 rings (SSSR count). The van der Waals surface area contributed by atoms with Gasteiger partial charge in [-0.25, -0.2) is 16.8 Å². The van der Waals surface area contributed by atoms with E-state index in [0.29, 0.717) is 5.69 Å². The maximum Gasteiger partial charge on any atom is 0.271 e. The molecule has 0 bridgehead atoms. The molecule has 2 aromatic carbocycles. The number of benzene rings is 2. The topological polar surface area (TPSA) is 92.3 Å². The average molecular weight is 423 g/mol. The summed E-state index contributed by atoms with van der Waals surface area (Å²) in [5, 5.41) is 1.67. The normalized spacial score (nSPS) is 11.9. The van der Waals surface area contributed by atoms with Gasteiger partial charge in [0.1, 0.15) is 4.21 Å². The molecular weight excluding hydrogens is 404 g/mol. The lowest BCUT2D eigenvalue weighted by Gasteiger charge is -2.12. The summed E-state index contributed by atoms with van der Waals surface area (Å²) in [6, 6.07) is 14.1. The van der Waals surface area contributed by atoms with Gasteiger partial charge in [-0.1, -0.05) is 23.8 Å². The van der Waals surface area contributed by atoms with Crippen LogP contribution < -0.4 is 9.44 Å². The molecular formula is C18H18N2O4S3. The molecule has 0 aliphatic carbocycles. The first-order valence-electron chi connectivity index (χ1n) is 7.94. The molecule has 1 aromatic heterocycles. The lowest BCUT2D eigenvalue weighted by Crippen LogP contribution is -2.14. The van der Waals surface area contributed by atoms with Gasteiger partial charge in [-0.15, -0.1) is 11.3 Å². The van der Waals surface area contributed by atoms with Crippen LogP contribution in [0, 0.1) is 13.8 Å². The Morgan fingerprint density at radius 3 is 2.11 bits per heavy atom. The van der Waals surface area contributed by atoms with Crippen LogP contribution in [0.5, 0.6) is 0 Å². The highest BCUT2D eigenvalue weighted by molar-refractivity contribution is 7.94. The van der Waals surface area contributed by atoms with Crippen molar-refractivity contribution in [3.8, 4) is 0 Å². The Bertz CT molecular complexity index is 1150. The first kappa shape index (κ1) is 19.4. The molecule has 0 atom stereocenters. The van der Waals surface area contributed by atoms with Gasteiger partial charge < -0.3 is 0 Å². The van der Waals surface area contributed by atoms with Crippen LogP contribution in [0.2, 0.25) is 0 Å². The predicted molar refractivity (Wildman–Crippen MR) is 108 cm³/mol. The van der Waals surface area contributed by atoms with Gasteiger partial charge in [0.25, 0.3) is 20.0 Å². The van der Waals surface area contributed by atoms with Crippen molar-refractivity contribution >= 4 is 42.8 Å². The largest absolute Gasteiger partial charge is 0.279 e. The second kappa shape index (κ2) is 7.34. The first-order valence-corrected chi connectivity index (χ1v) is 11.8. The molecule has 1 heterocycles. The fourth-order valence-corrected chi connectivity index (χ4v) is 5.64. The number of thiophene rings is 1. The molecule has 0 saturated carbocycles. The van der Waals surface area contributed by atoms with Crippen molar-refractivity contribution < 1.29 is 16.8 Å². The Labute approximate surface area is 163 Å². The monoisotopic (exact) mass is 422 g/mol. The van der Waals surface area contributed by atoms with E-state index in [9.17, 15) is 16.8 Å². The van der Waals surface area contributed by atoms with Crippen molar-refractivity contribution in [3.05, 3.63) is 71.1 Å². The summed E-state index contributed by atoms with van der Waals surface area (Å²) in [4.78, 5) is 0.0431. The summed E-state index contributed by atoms with van der Waals surface area (Å²) >= 11 is 1.10. The van der Waals surface area contributed by atoms with Crippen LogP contribution in [0.1, 0.15) is 11.1 Å². The van der Waals surface area contributed by atoms with E-state index in [-0.39, 0.29) is 14.8 Å². The molecule has 3 aromatic rings. The zero-order chi connectivity index (χ0) is 19.7. The van der Waals surface area contributed by atoms with Gasteiger partial charge in [0.15, 0.2) is 0 Å². The molecule has 0 unspecified atom stereocenters. The summed E-state index contributed by atoms with van der Waals surface area (Å²) in [7, 11) is -7.45. The van der Waals surface area contributed by atoms with E-state index in [1.54, 1.807) is 17.5 Å². The second-order valence-corrected chi connectivity index (χ2v) is 10.5. The molecule has 9 heteroatoms. The third-order valence-corrected chi connectivity index (χ3v) is 7.96. The van der Waals surface area contributed by atoms with E-state index in [2.05, 4.69) is 9.44 Å². The van der Waals surface area contributed by atoms with Gasteiger partial charge in [0, 0.05) is 5.69 Å².